The molecule has 5 rings (SSSR count). The molecule has 2 aromatic heterocycles. The average Bonchev–Trinajstić information content (AvgIpc) is 3.21. The van der Waals surface area contributed by atoms with Crippen molar-refractivity contribution in [3.8, 4) is 11.4 Å². The highest BCUT2D eigenvalue weighted by molar-refractivity contribution is 5.87. The summed E-state index contributed by atoms with van der Waals surface area (Å²) in [7, 11) is 0. The number of carbonyl (C=O) groups is 4. The number of ether oxygens (including phenoxy) is 2. The number of esters is 2. The number of benzene rings is 1. The third-order valence-corrected chi connectivity index (χ3v) is 6.28. The van der Waals surface area contributed by atoms with Crippen LogP contribution in [0.2, 0.25) is 0 Å². The van der Waals surface area contributed by atoms with Gasteiger partial charge in [0.25, 0.3) is 5.56 Å². The number of carbonyl (C=O) groups excluding carboxylic acids is 4. The molecule has 0 fully saturated rings. The largest absolute Gasteiger partial charge is 0.458 e. The molecule has 10 nitrogen and oxygen atoms in total. The lowest BCUT2D eigenvalue weighted by atomic mass is 10.00. The van der Waals surface area contributed by atoms with E-state index in [0.717, 1.165) is 16.5 Å². The molecule has 0 unspecified atom stereocenters. The molecule has 0 saturated carbocycles. The molecule has 184 valence electrons. The maximum absolute atomic E-state index is 13.3. The van der Waals surface area contributed by atoms with E-state index in [0.29, 0.717) is 24.4 Å². The van der Waals surface area contributed by atoms with Crippen LogP contribution in [0.1, 0.15) is 49.0 Å². The molecule has 0 radical (unpaired) electrons. The topological polar surface area (TPSA) is 134 Å². The Hall–Kier alpha value is -4.34. The smallest absolute Gasteiger partial charge is 0.352 e. The molecule has 2 aliphatic heterocycles. The molecule has 1 N–H and O–H groups in total. The number of nitrogens with zero attached hydrogens (tertiary/aromatic N) is 2. The quantitative estimate of drug-likeness (QED) is 0.390. The van der Waals surface area contributed by atoms with Gasteiger partial charge >= 0.3 is 11.9 Å². The van der Waals surface area contributed by atoms with Crippen molar-refractivity contribution in [1.29, 1.82) is 0 Å². The van der Waals surface area contributed by atoms with Gasteiger partial charge in [-0.05, 0) is 31.5 Å². The Kier molecular flexibility index (Phi) is 6.09. The van der Waals surface area contributed by atoms with Crippen molar-refractivity contribution in [2.45, 2.75) is 45.4 Å². The number of aromatic nitrogens is 2. The number of hydrogen-bond donors (Lipinski definition) is 1. The predicted octanol–water partition coefficient (Wildman–Crippen LogP) is 1.94. The number of Topliss-reactive ketones (excluding diaryl/α,β-unsaturated/α-hetero) is 1. The van der Waals surface area contributed by atoms with Crippen molar-refractivity contribution in [3.63, 3.8) is 0 Å². The zero-order chi connectivity index (χ0) is 25.4. The third-order valence-electron chi connectivity index (χ3n) is 6.28. The van der Waals surface area contributed by atoms with E-state index in [9.17, 15) is 24.0 Å². The highest BCUT2D eigenvalue weighted by atomic mass is 16.6. The summed E-state index contributed by atoms with van der Waals surface area (Å²) in [5.41, 5.74) is 2.98. The van der Waals surface area contributed by atoms with E-state index in [1.165, 1.54) is 6.92 Å². The lowest BCUT2D eigenvalue weighted by Gasteiger charge is -2.25. The van der Waals surface area contributed by atoms with Crippen LogP contribution in [0.25, 0.3) is 22.3 Å². The molecule has 36 heavy (non-hydrogen) atoms. The Morgan fingerprint density at radius 2 is 1.97 bits per heavy atom. The standard InChI is InChI=1S/C26H23N3O7/c1-14(30)5-4-8-21(31)27-11-22(32)36-24-17-10-20-23-16(9-15-6-2-3-7-19(15)28-23)12-29(20)25(33)18(17)13-35-26(24)34/h2-3,6-7,9-10,24H,4-5,8,11-13H2,1H3,(H,27,31)/t24-/m0/s1. The van der Waals surface area contributed by atoms with Gasteiger partial charge in [-0.3, -0.25) is 14.4 Å². The SMILES string of the molecule is CC(=O)CCCC(=O)NCC(=O)O[C@@H]1C(=O)OCc2c1cc1n(c2=O)Cc2cc3ccccc3nc2-1. The van der Waals surface area contributed by atoms with Crippen LogP contribution in [0.4, 0.5) is 0 Å². The Labute approximate surface area is 205 Å². The summed E-state index contributed by atoms with van der Waals surface area (Å²) in [6.07, 6.45) is -0.696. The Morgan fingerprint density at radius 1 is 1.17 bits per heavy atom. The molecule has 4 heterocycles. The van der Waals surface area contributed by atoms with Gasteiger partial charge in [-0.25, -0.2) is 9.78 Å². The van der Waals surface area contributed by atoms with Gasteiger partial charge < -0.3 is 24.2 Å². The summed E-state index contributed by atoms with van der Waals surface area (Å²) in [5, 5.41) is 3.37. The first-order chi connectivity index (χ1) is 17.3. The van der Waals surface area contributed by atoms with Crippen LogP contribution in [0.15, 0.2) is 41.2 Å². The molecule has 10 heteroatoms. The molecule has 1 aromatic carbocycles. The first-order valence-corrected chi connectivity index (χ1v) is 11.6. The van der Waals surface area contributed by atoms with Crippen molar-refractivity contribution in [2.24, 2.45) is 0 Å². The first-order valence-electron chi connectivity index (χ1n) is 11.6. The van der Waals surface area contributed by atoms with Gasteiger partial charge in [0.1, 0.15) is 18.9 Å². The molecule has 3 aromatic rings. The highest BCUT2D eigenvalue weighted by Gasteiger charge is 2.37. The van der Waals surface area contributed by atoms with Crippen LogP contribution in [-0.4, -0.2) is 39.7 Å². The van der Waals surface area contributed by atoms with Gasteiger partial charge in [-0.2, -0.15) is 0 Å². The van der Waals surface area contributed by atoms with Gasteiger partial charge in [0.05, 0.1) is 29.0 Å². The second-order valence-corrected chi connectivity index (χ2v) is 8.85. The van der Waals surface area contributed by atoms with E-state index in [4.69, 9.17) is 14.5 Å². The molecule has 0 saturated heterocycles. The minimum atomic E-state index is -1.43. The van der Waals surface area contributed by atoms with Crippen LogP contribution in [0.3, 0.4) is 0 Å². The van der Waals surface area contributed by atoms with Gasteiger partial charge in [0.15, 0.2) is 0 Å². The zero-order valence-electron chi connectivity index (χ0n) is 19.5. The fraction of sp³-hybridized carbons (Fsp3) is 0.308. The van der Waals surface area contributed by atoms with E-state index in [1.807, 2.05) is 30.3 Å². The molecule has 2 aliphatic rings. The molecular formula is C26H23N3O7. The summed E-state index contributed by atoms with van der Waals surface area (Å²) in [5.74, 6) is -2.08. The Balaban J connectivity index is 1.38. The normalized spacial score (nSPS) is 15.5. The summed E-state index contributed by atoms with van der Waals surface area (Å²) >= 11 is 0. The summed E-state index contributed by atoms with van der Waals surface area (Å²) in [6.45, 7) is 1.09. The van der Waals surface area contributed by atoms with E-state index in [-0.39, 0.29) is 41.9 Å². The number of ketones is 1. The number of amides is 1. The molecule has 0 aliphatic carbocycles. The molecule has 0 spiro atoms. The fourth-order valence-corrected chi connectivity index (χ4v) is 4.50. The zero-order valence-corrected chi connectivity index (χ0v) is 19.5. The molecule has 1 amide bonds. The van der Waals surface area contributed by atoms with E-state index >= 15 is 0 Å². The highest BCUT2D eigenvalue weighted by Crippen LogP contribution is 2.36. The summed E-state index contributed by atoms with van der Waals surface area (Å²) in [4.78, 5) is 65.8. The fourth-order valence-electron chi connectivity index (χ4n) is 4.50. The van der Waals surface area contributed by atoms with E-state index in [2.05, 4.69) is 5.32 Å². The van der Waals surface area contributed by atoms with E-state index < -0.39 is 30.5 Å². The van der Waals surface area contributed by atoms with Crippen LogP contribution < -0.4 is 10.9 Å². The Morgan fingerprint density at radius 3 is 2.78 bits per heavy atom. The van der Waals surface area contributed by atoms with Crippen LogP contribution in [0.5, 0.6) is 0 Å². The lowest BCUT2D eigenvalue weighted by Crippen LogP contribution is -2.36. The van der Waals surface area contributed by atoms with Crippen molar-refractivity contribution in [1.82, 2.24) is 14.9 Å². The summed E-state index contributed by atoms with van der Waals surface area (Å²) in [6, 6.07) is 11.3. The average molecular weight is 489 g/mol. The first kappa shape index (κ1) is 23.4. The van der Waals surface area contributed by atoms with Crippen LogP contribution >= 0.6 is 0 Å². The summed E-state index contributed by atoms with van der Waals surface area (Å²) < 4.78 is 12.1. The number of nitrogens with one attached hydrogen (secondary N) is 1. The van der Waals surface area contributed by atoms with Crippen molar-refractivity contribution >= 4 is 34.5 Å². The number of fused-ring (bicyclic) bond motifs is 5. The Bertz CT molecular complexity index is 1490. The van der Waals surface area contributed by atoms with Gasteiger partial charge in [0.2, 0.25) is 12.0 Å². The van der Waals surface area contributed by atoms with Gasteiger partial charge in [0, 0.05) is 29.4 Å². The minimum Gasteiger partial charge on any atom is -0.458 e. The number of rotatable bonds is 7. The molecular weight excluding hydrogens is 466 g/mol. The van der Waals surface area contributed by atoms with E-state index in [1.54, 1.807) is 10.6 Å². The second kappa shape index (κ2) is 9.37. The van der Waals surface area contributed by atoms with Crippen LogP contribution in [0, 0.1) is 0 Å². The van der Waals surface area contributed by atoms with Crippen molar-refractivity contribution < 1.29 is 28.7 Å². The van der Waals surface area contributed by atoms with Crippen molar-refractivity contribution in [2.75, 3.05) is 6.54 Å². The van der Waals surface area contributed by atoms with Gasteiger partial charge in [-0.1, -0.05) is 18.2 Å². The van der Waals surface area contributed by atoms with Crippen molar-refractivity contribution in [3.05, 3.63) is 63.4 Å². The predicted molar refractivity (Wildman–Crippen MR) is 127 cm³/mol. The minimum absolute atomic E-state index is 0.0231. The molecule has 1 atom stereocenters. The monoisotopic (exact) mass is 489 g/mol. The van der Waals surface area contributed by atoms with Crippen LogP contribution in [-0.2, 0) is 41.8 Å². The number of para-hydroxylation sites is 1. The lowest BCUT2D eigenvalue weighted by molar-refractivity contribution is -0.171. The number of hydrogen-bond acceptors (Lipinski definition) is 8. The number of pyridine rings is 2. The second-order valence-electron chi connectivity index (χ2n) is 8.85. The maximum atomic E-state index is 13.3. The third kappa shape index (κ3) is 4.37. The van der Waals surface area contributed by atoms with Gasteiger partial charge in [-0.15, -0.1) is 0 Å². The molecule has 0 bridgehead atoms. The number of cyclic esters (lactones) is 1. The maximum Gasteiger partial charge on any atom is 0.352 e.